The van der Waals surface area contributed by atoms with Gasteiger partial charge in [-0.25, -0.2) is 9.59 Å². The predicted molar refractivity (Wildman–Crippen MR) is 122 cm³/mol. The summed E-state index contributed by atoms with van der Waals surface area (Å²) in [5.74, 6) is 0. The van der Waals surface area contributed by atoms with Crippen molar-refractivity contribution < 1.29 is 13.9 Å². The van der Waals surface area contributed by atoms with Crippen LogP contribution in [0.15, 0.2) is 79.1 Å². The summed E-state index contributed by atoms with van der Waals surface area (Å²) in [7, 11) is 2.02. The number of likely N-dealkylation sites (N-methyl/N-ethyl adjacent to an activating group) is 1. The van der Waals surface area contributed by atoms with E-state index in [0.717, 1.165) is 34.9 Å². The highest BCUT2D eigenvalue weighted by atomic mass is 16.4. The Morgan fingerprint density at radius 3 is 2.00 bits per heavy atom. The van der Waals surface area contributed by atoms with Crippen molar-refractivity contribution in [3.05, 3.63) is 92.6 Å². The minimum atomic E-state index is -0.375. The van der Waals surface area contributed by atoms with E-state index in [1.54, 1.807) is 12.1 Å². The molecule has 7 nitrogen and oxygen atoms in total. The van der Waals surface area contributed by atoms with E-state index in [2.05, 4.69) is 10.2 Å². The zero-order valence-electron chi connectivity index (χ0n) is 17.7. The van der Waals surface area contributed by atoms with E-state index in [1.165, 1.54) is 12.1 Å². The minimum Gasteiger partial charge on any atom is -0.423 e. The predicted octanol–water partition coefficient (Wildman–Crippen LogP) is 2.64. The maximum Gasteiger partial charge on any atom is 0.336 e. The molecule has 5 rings (SSSR count). The van der Waals surface area contributed by atoms with Gasteiger partial charge in [0.05, 0.1) is 12.6 Å². The number of fused-ring (bicyclic) bond motifs is 2. The van der Waals surface area contributed by atoms with Gasteiger partial charge < -0.3 is 19.3 Å². The summed E-state index contributed by atoms with van der Waals surface area (Å²) in [4.78, 5) is 25.3. The Morgan fingerprint density at radius 1 is 0.938 bits per heavy atom. The van der Waals surface area contributed by atoms with E-state index < -0.39 is 0 Å². The molecule has 0 unspecified atom stereocenters. The standard InChI is InChI=1S/C25H24N2O5/c1-27-13-19(12-20(27)14-28)26-25(17-2-6-21-15(10-17)4-8-23(29)31-21)18-3-7-22-16(11-18)5-9-24(30)32-22/h2-11,19-20,25-26,28H,12-14H2,1H3/t19-,20+/m0/s1. The van der Waals surface area contributed by atoms with Crippen molar-refractivity contribution >= 4 is 21.9 Å². The smallest absolute Gasteiger partial charge is 0.336 e. The Hall–Kier alpha value is -3.26. The number of likely N-dealkylation sites (tertiary alicyclic amines) is 1. The normalized spacial score (nSPS) is 19.3. The van der Waals surface area contributed by atoms with Gasteiger partial charge in [-0.15, -0.1) is 0 Å². The maximum absolute atomic E-state index is 11.6. The van der Waals surface area contributed by atoms with Crippen LogP contribution in [0.5, 0.6) is 0 Å². The molecule has 1 aliphatic rings. The van der Waals surface area contributed by atoms with E-state index in [1.807, 2.05) is 43.4 Å². The van der Waals surface area contributed by atoms with Crippen molar-refractivity contribution in [1.82, 2.24) is 10.2 Å². The molecule has 164 valence electrons. The largest absolute Gasteiger partial charge is 0.423 e. The van der Waals surface area contributed by atoms with Gasteiger partial charge in [0, 0.05) is 41.5 Å². The first-order valence-corrected chi connectivity index (χ1v) is 10.6. The molecule has 0 radical (unpaired) electrons. The third-order valence-electron chi connectivity index (χ3n) is 6.25. The van der Waals surface area contributed by atoms with Crippen molar-refractivity contribution in [1.29, 1.82) is 0 Å². The number of hydrogen-bond donors (Lipinski definition) is 2. The fourth-order valence-electron chi connectivity index (χ4n) is 4.57. The molecular weight excluding hydrogens is 408 g/mol. The first-order chi connectivity index (χ1) is 15.5. The topological polar surface area (TPSA) is 95.9 Å². The van der Waals surface area contributed by atoms with Crippen molar-refractivity contribution in [2.75, 3.05) is 20.2 Å². The molecule has 3 heterocycles. The Bertz CT molecular complexity index is 1300. The third kappa shape index (κ3) is 3.98. The van der Waals surface area contributed by atoms with E-state index >= 15 is 0 Å². The molecular formula is C25H24N2O5. The second-order valence-electron chi connectivity index (χ2n) is 8.41. The van der Waals surface area contributed by atoms with Crippen molar-refractivity contribution in [3.63, 3.8) is 0 Å². The minimum absolute atomic E-state index is 0.128. The lowest BCUT2D eigenvalue weighted by Crippen LogP contribution is -2.35. The number of benzene rings is 2. The summed E-state index contributed by atoms with van der Waals surface area (Å²) in [6.07, 6.45) is 0.842. The number of aliphatic hydroxyl groups excluding tert-OH is 1. The van der Waals surface area contributed by atoms with Crippen LogP contribution in [0, 0.1) is 0 Å². The first kappa shape index (κ1) is 20.6. The average molecular weight is 432 g/mol. The van der Waals surface area contributed by atoms with Gasteiger partial charge in [-0.05, 0) is 61.0 Å². The molecule has 0 bridgehead atoms. The van der Waals surface area contributed by atoms with Crippen LogP contribution in [-0.2, 0) is 0 Å². The van der Waals surface area contributed by atoms with Gasteiger partial charge in [0.2, 0.25) is 0 Å². The third-order valence-corrected chi connectivity index (χ3v) is 6.25. The van der Waals surface area contributed by atoms with Crippen LogP contribution in [0.1, 0.15) is 23.6 Å². The molecule has 4 aromatic rings. The van der Waals surface area contributed by atoms with Gasteiger partial charge in [-0.2, -0.15) is 0 Å². The van der Waals surface area contributed by atoms with Crippen LogP contribution in [0.3, 0.4) is 0 Å². The van der Waals surface area contributed by atoms with Crippen LogP contribution < -0.4 is 16.6 Å². The molecule has 32 heavy (non-hydrogen) atoms. The first-order valence-electron chi connectivity index (χ1n) is 10.6. The number of nitrogens with one attached hydrogen (secondary N) is 1. The molecule has 2 aromatic heterocycles. The lowest BCUT2D eigenvalue weighted by Gasteiger charge is -2.24. The highest BCUT2D eigenvalue weighted by molar-refractivity contribution is 5.79. The van der Waals surface area contributed by atoms with Crippen LogP contribution >= 0.6 is 0 Å². The summed E-state index contributed by atoms with van der Waals surface area (Å²) >= 11 is 0. The summed E-state index contributed by atoms with van der Waals surface area (Å²) in [6.45, 7) is 0.954. The molecule has 0 amide bonds. The maximum atomic E-state index is 11.6. The van der Waals surface area contributed by atoms with E-state index in [4.69, 9.17) is 8.83 Å². The highest BCUT2D eigenvalue weighted by Gasteiger charge is 2.31. The number of nitrogens with zero attached hydrogens (tertiary/aromatic N) is 1. The average Bonchev–Trinajstić information content (AvgIpc) is 3.16. The molecule has 0 aliphatic carbocycles. The fourth-order valence-corrected chi connectivity index (χ4v) is 4.57. The highest BCUT2D eigenvalue weighted by Crippen LogP contribution is 2.29. The van der Waals surface area contributed by atoms with E-state index in [-0.39, 0.29) is 36.0 Å². The molecule has 2 aromatic carbocycles. The Morgan fingerprint density at radius 2 is 1.50 bits per heavy atom. The molecule has 1 saturated heterocycles. The van der Waals surface area contributed by atoms with Crippen LogP contribution in [0.4, 0.5) is 0 Å². The number of hydrogen-bond acceptors (Lipinski definition) is 7. The van der Waals surface area contributed by atoms with Gasteiger partial charge in [0.1, 0.15) is 11.2 Å². The zero-order valence-corrected chi connectivity index (χ0v) is 17.7. The monoisotopic (exact) mass is 432 g/mol. The quantitative estimate of drug-likeness (QED) is 0.468. The molecule has 1 fully saturated rings. The van der Waals surface area contributed by atoms with E-state index in [9.17, 15) is 14.7 Å². The zero-order chi connectivity index (χ0) is 22.2. The summed E-state index contributed by atoms with van der Waals surface area (Å²) in [5.41, 5.74) is 2.39. The lowest BCUT2D eigenvalue weighted by atomic mass is 9.95. The Kier molecular flexibility index (Phi) is 5.38. The second-order valence-corrected chi connectivity index (χ2v) is 8.41. The van der Waals surface area contributed by atoms with Crippen LogP contribution in [-0.4, -0.2) is 42.3 Å². The summed E-state index contributed by atoms with van der Waals surface area (Å²) in [5, 5.41) is 15.1. The molecule has 0 spiro atoms. The van der Waals surface area contributed by atoms with Crippen molar-refractivity contribution in [3.8, 4) is 0 Å². The van der Waals surface area contributed by atoms with Crippen molar-refractivity contribution in [2.45, 2.75) is 24.5 Å². The van der Waals surface area contributed by atoms with Gasteiger partial charge in [0.25, 0.3) is 0 Å². The summed E-state index contributed by atoms with van der Waals surface area (Å²) < 4.78 is 10.6. The van der Waals surface area contributed by atoms with Crippen LogP contribution in [0.2, 0.25) is 0 Å². The van der Waals surface area contributed by atoms with Crippen molar-refractivity contribution in [2.24, 2.45) is 0 Å². The molecule has 1 aliphatic heterocycles. The number of rotatable bonds is 5. The molecule has 2 atom stereocenters. The molecule has 7 heteroatoms. The fraction of sp³-hybridized carbons (Fsp3) is 0.280. The van der Waals surface area contributed by atoms with E-state index in [0.29, 0.717) is 11.2 Å². The van der Waals surface area contributed by atoms with Gasteiger partial charge >= 0.3 is 11.3 Å². The SMILES string of the molecule is CN1C[C@@H](NC(c2ccc3oc(=O)ccc3c2)c2ccc3oc(=O)ccc3c2)C[C@@H]1CO. The summed E-state index contributed by atoms with van der Waals surface area (Å²) in [6, 6.07) is 18.1. The number of aliphatic hydroxyl groups is 1. The molecule has 2 N–H and O–H groups in total. The Labute approximate surface area is 183 Å². The second kappa shape index (κ2) is 8.35. The molecule has 0 saturated carbocycles. The lowest BCUT2D eigenvalue weighted by molar-refractivity contribution is 0.182. The van der Waals surface area contributed by atoms with Gasteiger partial charge in [0.15, 0.2) is 0 Å². The van der Waals surface area contributed by atoms with Crippen LogP contribution in [0.25, 0.3) is 21.9 Å². The van der Waals surface area contributed by atoms with Gasteiger partial charge in [-0.3, -0.25) is 4.90 Å². The van der Waals surface area contributed by atoms with Gasteiger partial charge in [-0.1, -0.05) is 12.1 Å². The Balaban J connectivity index is 1.57.